The molecule has 0 atom stereocenters. The van der Waals surface area contributed by atoms with Crippen molar-refractivity contribution in [2.24, 2.45) is 0 Å². The standard InChI is InChI=1S/C39H34N2O5S/c1-2-45-33-22-18-30(19-23-33)37(42)27-47-35-15-9-14-32(25-35)40-39(44)36(41-38(43)31-12-7-4-8-13-31)24-28-16-20-34(21-17-28)46-26-29-10-5-3-6-11-29/h3-25H,2,26-27H2,1H3,(H,40,44)(H,41,43)/b36-24-. The average molecular weight is 643 g/mol. The van der Waals surface area contributed by atoms with Crippen molar-refractivity contribution in [2.75, 3.05) is 17.7 Å². The van der Waals surface area contributed by atoms with E-state index < -0.39 is 11.8 Å². The molecule has 0 aliphatic heterocycles. The van der Waals surface area contributed by atoms with Gasteiger partial charge in [-0.05, 0) is 90.9 Å². The minimum absolute atomic E-state index is 0.0159. The molecule has 0 unspecified atom stereocenters. The molecule has 0 radical (unpaired) electrons. The quantitative estimate of drug-likeness (QED) is 0.0724. The third-order valence-electron chi connectivity index (χ3n) is 6.92. The summed E-state index contributed by atoms with van der Waals surface area (Å²) in [5.41, 5.74) is 3.38. The number of Topliss-reactive ketones (excluding diaryl/α,β-unsaturated/α-hetero) is 1. The molecule has 0 bridgehead atoms. The molecule has 0 heterocycles. The second-order valence-electron chi connectivity index (χ2n) is 10.4. The summed E-state index contributed by atoms with van der Waals surface area (Å²) in [5.74, 6) is 0.712. The number of ketones is 1. The predicted octanol–water partition coefficient (Wildman–Crippen LogP) is 8.05. The van der Waals surface area contributed by atoms with Crippen LogP contribution >= 0.6 is 11.8 Å². The van der Waals surface area contributed by atoms with Crippen molar-refractivity contribution < 1.29 is 23.9 Å². The topological polar surface area (TPSA) is 93.7 Å². The van der Waals surface area contributed by atoms with E-state index in [1.54, 1.807) is 72.8 Å². The summed E-state index contributed by atoms with van der Waals surface area (Å²) in [6.07, 6.45) is 1.62. The molecule has 0 aromatic heterocycles. The highest BCUT2D eigenvalue weighted by Gasteiger charge is 2.16. The van der Waals surface area contributed by atoms with Gasteiger partial charge in [-0.1, -0.05) is 66.7 Å². The minimum Gasteiger partial charge on any atom is -0.494 e. The molecule has 236 valence electrons. The number of hydrogen-bond donors (Lipinski definition) is 2. The average Bonchev–Trinajstić information content (AvgIpc) is 3.11. The van der Waals surface area contributed by atoms with Gasteiger partial charge in [0, 0.05) is 21.7 Å². The Morgan fingerprint density at radius 2 is 1.36 bits per heavy atom. The second-order valence-corrected chi connectivity index (χ2v) is 11.4. The van der Waals surface area contributed by atoms with E-state index in [2.05, 4.69) is 10.6 Å². The molecule has 7 nitrogen and oxygen atoms in total. The molecule has 0 aliphatic carbocycles. The van der Waals surface area contributed by atoms with Crippen molar-refractivity contribution in [3.05, 3.63) is 161 Å². The first-order chi connectivity index (χ1) is 23.0. The molecule has 2 N–H and O–H groups in total. The van der Waals surface area contributed by atoms with Gasteiger partial charge < -0.3 is 20.1 Å². The Morgan fingerprint density at radius 1 is 0.702 bits per heavy atom. The number of hydrogen-bond acceptors (Lipinski definition) is 6. The third-order valence-corrected chi connectivity index (χ3v) is 7.91. The molecule has 5 aromatic carbocycles. The predicted molar refractivity (Wildman–Crippen MR) is 187 cm³/mol. The highest BCUT2D eigenvalue weighted by Crippen LogP contribution is 2.24. The summed E-state index contributed by atoms with van der Waals surface area (Å²) < 4.78 is 11.3. The zero-order chi connectivity index (χ0) is 32.8. The SMILES string of the molecule is CCOc1ccc(C(=O)CSc2cccc(NC(=O)/C(=C/c3ccc(OCc4ccccc4)cc3)NC(=O)c3ccccc3)c2)cc1. The molecule has 0 fully saturated rings. The van der Waals surface area contributed by atoms with Crippen molar-refractivity contribution in [3.63, 3.8) is 0 Å². The van der Waals surface area contributed by atoms with E-state index in [1.165, 1.54) is 11.8 Å². The van der Waals surface area contributed by atoms with E-state index in [0.717, 1.165) is 16.2 Å². The molecule has 47 heavy (non-hydrogen) atoms. The van der Waals surface area contributed by atoms with Gasteiger partial charge in [0.15, 0.2) is 5.78 Å². The molecular formula is C39H34N2O5S. The molecule has 2 amide bonds. The van der Waals surface area contributed by atoms with Crippen molar-refractivity contribution in [1.29, 1.82) is 0 Å². The fourth-order valence-electron chi connectivity index (χ4n) is 4.51. The number of nitrogens with one attached hydrogen (secondary N) is 2. The summed E-state index contributed by atoms with van der Waals surface area (Å²) in [6.45, 7) is 2.90. The van der Waals surface area contributed by atoms with Crippen LogP contribution in [0.4, 0.5) is 5.69 Å². The number of rotatable bonds is 14. The van der Waals surface area contributed by atoms with Crippen molar-refractivity contribution in [3.8, 4) is 11.5 Å². The molecule has 0 aliphatic rings. The molecule has 5 rings (SSSR count). The highest BCUT2D eigenvalue weighted by atomic mass is 32.2. The number of carbonyl (C=O) groups excluding carboxylic acids is 3. The van der Waals surface area contributed by atoms with Crippen LogP contribution < -0.4 is 20.1 Å². The Bertz CT molecular complexity index is 1820. The smallest absolute Gasteiger partial charge is 0.272 e. The number of carbonyl (C=O) groups is 3. The fourth-order valence-corrected chi connectivity index (χ4v) is 5.36. The molecule has 0 spiro atoms. The Balaban J connectivity index is 1.27. The Morgan fingerprint density at radius 3 is 2.06 bits per heavy atom. The van der Waals surface area contributed by atoms with Gasteiger partial charge in [-0.15, -0.1) is 11.8 Å². The van der Waals surface area contributed by atoms with Gasteiger partial charge in [-0.3, -0.25) is 14.4 Å². The molecule has 0 saturated carbocycles. The van der Waals surface area contributed by atoms with Gasteiger partial charge in [0.05, 0.1) is 12.4 Å². The number of benzene rings is 5. The summed E-state index contributed by atoms with van der Waals surface area (Å²) >= 11 is 1.37. The van der Waals surface area contributed by atoms with E-state index >= 15 is 0 Å². The minimum atomic E-state index is -0.494. The Hall–Kier alpha value is -5.60. The van der Waals surface area contributed by atoms with Crippen LogP contribution in [0.25, 0.3) is 6.08 Å². The van der Waals surface area contributed by atoms with E-state index in [1.807, 2.05) is 73.7 Å². The van der Waals surface area contributed by atoms with Gasteiger partial charge in [0.25, 0.3) is 11.8 Å². The first-order valence-corrected chi connectivity index (χ1v) is 16.1. The lowest BCUT2D eigenvalue weighted by atomic mass is 10.1. The number of ether oxygens (including phenoxy) is 2. The summed E-state index contributed by atoms with van der Waals surface area (Å²) in [7, 11) is 0. The van der Waals surface area contributed by atoms with E-state index in [0.29, 0.717) is 41.3 Å². The van der Waals surface area contributed by atoms with Crippen molar-refractivity contribution in [2.45, 2.75) is 18.4 Å². The van der Waals surface area contributed by atoms with E-state index in [-0.39, 0.29) is 17.2 Å². The van der Waals surface area contributed by atoms with Crippen molar-refractivity contribution in [1.82, 2.24) is 5.32 Å². The normalized spacial score (nSPS) is 11.0. The van der Waals surface area contributed by atoms with Gasteiger partial charge >= 0.3 is 0 Å². The van der Waals surface area contributed by atoms with Crippen LogP contribution in [0.5, 0.6) is 11.5 Å². The van der Waals surface area contributed by atoms with E-state index in [4.69, 9.17) is 9.47 Å². The zero-order valence-electron chi connectivity index (χ0n) is 25.8. The number of anilines is 1. The third kappa shape index (κ3) is 9.94. The van der Waals surface area contributed by atoms with E-state index in [9.17, 15) is 14.4 Å². The molecule has 0 saturated heterocycles. The van der Waals surface area contributed by atoms with Crippen molar-refractivity contribution >= 4 is 41.1 Å². The molecule has 8 heteroatoms. The lowest BCUT2D eigenvalue weighted by Crippen LogP contribution is -2.30. The van der Waals surface area contributed by atoms with Crippen LogP contribution in [-0.2, 0) is 11.4 Å². The first kappa shape index (κ1) is 32.8. The van der Waals surface area contributed by atoms with Crippen LogP contribution in [0.3, 0.4) is 0 Å². The largest absolute Gasteiger partial charge is 0.494 e. The highest BCUT2D eigenvalue weighted by molar-refractivity contribution is 8.00. The fraction of sp³-hybridized carbons (Fsp3) is 0.103. The maximum atomic E-state index is 13.6. The first-order valence-electron chi connectivity index (χ1n) is 15.1. The maximum absolute atomic E-state index is 13.6. The van der Waals surface area contributed by atoms with Gasteiger partial charge in [-0.2, -0.15) is 0 Å². The van der Waals surface area contributed by atoms with Gasteiger partial charge in [-0.25, -0.2) is 0 Å². The Labute approximate surface area is 278 Å². The van der Waals surface area contributed by atoms with Gasteiger partial charge in [0.1, 0.15) is 23.8 Å². The second kappa shape index (κ2) is 16.6. The van der Waals surface area contributed by atoms with Crippen LogP contribution in [0.15, 0.2) is 144 Å². The lowest BCUT2D eigenvalue weighted by molar-refractivity contribution is -0.113. The molecular weight excluding hydrogens is 609 g/mol. The zero-order valence-corrected chi connectivity index (χ0v) is 26.7. The number of thioether (sulfide) groups is 1. The lowest BCUT2D eigenvalue weighted by Gasteiger charge is -2.12. The summed E-state index contributed by atoms with van der Waals surface area (Å²) in [5, 5.41) is 5.66. The monoisotopic (exact) mass is 642 g/mol. The van der Waals surface area contributed by atoms with Crippen LogP contribution in [0.2, 0.25) is 0 Å². The van der Waals surface area contributed by atoms with Crippen LogP contribution in [0, 0.1) is 0 Å². The van der Waals surface area contributed by atoms with Gasteiger partial charge in [0.2, 0.25) is 0 Å². The Kier molecular flexibility index (Phi) is 11.6. The van der Waals surface area contributed by atoms with Crippen LogP contribution in [0.1, 0.15) is 38.8 Å². The summed E-state index contributed by atoms with van der Waals surface area (Å²) in [6, 6.07) is 40.2. The molecule has 5 aromatic rings. The number of amides is 2. The maximum Gasteiger partial charge on any atom is 0.272 e. The van der Waals surface area contributed by atoms with Crippen LogP contribution in [-0.4, -0.2) is 30.0 Å². The summed E-state index contributed by atoms with van der Waals surface area (Å²) in [4.78, 5) is 40.2.